The fraction of sp³-hybridized carbons (Fsp3) is 0.571. The van der Waals surface area contributed by atoms with Crippen LogP contribution in [0, 0.1) is 5.41 Å². The van der Waals surface area contributed by atoms with Crippen LogP contribution in [-0.2, 0) is 0 Å². The van der Waals surface area contributed by atoms with Crippen LogP contribution in [0.3, 0.4) is 0 Å². The van der Waals surface area contributed by atoms with Crippen molar-refractivity contribution in [1.82, 2.24) is 5.32 Å². The molecule has 16 heavy (non-hydrogen) atoms. The molecule has 0 aliphatic rings. The first-order valence-corrected chi connectivity index (χ1v) is 6.67. The van der Waals surface area contributed by atoms with Gasteiger partial charge in [-0.15, -0.1) is 0 Å². The summed E-state index contributed by atoms with van der Waals surface area (Å²) in [6.45, 7) is 10.1. The predicted molar refractivity (Wildman–Crippen MR) is 74.6 cm³/mol. The van der Waals surface area contributed by atoms with E-state index in [1.54, 1.807) is 0 Å². The van der Waals surface area contributed by atoms with Crippen molar-refractivity contribution in [2.24, 2.45) is 5.41 Å². The number of nitrogens with one attached hydrogen (secondary N) is 1. The molecule has 0 spiro atoms. The predicted octanol–water partition coefficient (Wildman–Crippen LogP) is 4.54. The smallest absolute Gasteiger partial charge is 0.0291 e. The van der Waals surface area contributed by atoms with Gasteiger partial charge in [0.05, 0.1) is 0 Å². The molecule has 0 aromatic heterocycles. The second-order valence-electron chi connectivity index (χ2n) is 5.54. The third kappa shape index (κ3) is 5.13. The Balaban J connectivity index is 2.41. The van der Waals surface area contributed by atoms with Crippen molar-refractivity contribution in [3.63, 3.8) is 0 Å². The van der Waals surface area contributed by atoms with E-state index in [0.29, 0.717) is 11.5 Å². The van der Waals surface area contributed by atoms with Crippen molar-refractivity contribution in [3.05, 3.63) is 34.3 Å². The first kappa shape index (κ1) is 13.7. The molecule has 0 bridgehead atoms. The molecule has 1 unspecified atom stereocenters. The molecule has 0 aliphatic heterocycles. The van der Waals surface area contributed by atoms with Gasteiger partial charge in [-0.2, -0.15) is 0 Å². The Hall–Kier alpha value is -0.340. The van der Waals surface area contributed by atoms with Crippen molar-refractivity contribution in [3.8, 4) is 0 Å². The number of hydrogen-bond acceptors (Lipinski definition) is 1. The van der Waals surface area contributed by atoms with Crippen LogP contribution in [0.5, 0.6) is 0 Å². The summed E-state index contributed by atoms with van der Waals surface area (Å²) >= 11 is 3.45. The molecule has 1 aromatic carbocycles. The maximum absolute atomic E-state index is 3.56. The van der Waals surface area contributed by atoms with Gasteiger partial charge in [0, 0.05) is 10.5 Å². The van der Waals surface area contributed by atoms with Gasteiger partial charge < -0.3 is 5.32 Å². The largest absolute Gasteiger partial charge is 0.310 e. The zero-order chi connectivity index (χ0) is 12.2. The standard InChI is InChI=1S/C14H22BrN/c1-11(16-10-9-14(2,3)4)12-5-7-13(15)8-6-12/h5-8,11,16H,9-10H2,1-4H3. The van der Waals surface area contributed by atoms with Gasteiger partial charge in [0.1, 0.15) is 0 Å². The van der Waals surface area contributed by atoms with E-state index in [2.05, 4.69) is 73.2 Å². The molecule has 1 rings (SSSR count). The Bertz CT molecular complexity index is 311. The minimum atomic E-state index is 0.409. The molecule has 0 radical (unpaired) electrons. The monoisotopic (exact) mass is 283 g/mol. The van der Waals surface area contributed by atoms with Crippen LogP contribution in [0.15, 0.2) is 28.7 Å². The second-order valence-corrected chi connectivity index (χ2v) is 6.45. The number of halogens is 1. The summed E-state index contributed by atoms with van der Waals surface area (Å²) in [6, 6.07) is 8.95. The summed E-state index contributed by atoms with van der Waals surface area (Å²) in [7, 11) is 0. The molecule has 0 heterocycles. The Kier molecular flexibility index (Phi) is 5.00. The van der Waals surface area contributed by atoms with Gasteiger partial charge in [0.2, 0.25) is 0 Å². The summed E-state index contributed by atoms with van der Waals surface area (Å²) in [5.74, 6) is 0. The van der Waals surface area contributed by atoms with E-state index in [1.807, 2.05) is 0 Å². The van der Waals surface area contributed by atoms with Gasteiger partial charge >= 0.3 is 0 Å². The van der Waals surface area contributed by atoms with E-state index in [0.717, 1.165) is 11.0 Å². The van der Waals surface area contributed by atoms with Crippen molar-refractivity contribution in [1.29, 1.82) is 0 Å². The van der Waals surface area contributed by atoms with Crippen LogP contribution in [0.1, 0.15) is 45.7 Å². The quantitative estimate of drug-likeness (QED) is 0.856. The molecule has 1 N–H and O–H groups in total. The Labute approximate surface area is 108 Å². The fourth-order valence-electron chi connectivity index (χ4n) is 1.53. The van der Waals surface area contributed by atoms with E-state index in [9.17, 15) is 0 Å². The van der Waals surface area contributed by atoms with E-state index in [-0.39, 0.29) is 0 Å². The van der Waals surface area contributed by atoms with E-state index < -0.39 is 0 Å². The maximum Gasteiger partial charge on any atom is 0.0291 e. The Morgan fingerprint density at radius 1 is 1.19 bits per heavy atom. The van der Waals surface area contributed by atoms with Gasteiger partial charge in [-0.1, -0.05) is 48.8 Å². The van der Waals surface area contributed by atoms with Gasteiger partial charge in [-0.05, 0) is 43.0 Å². The van der Waals surface area contributed by atoms with Crippen molar-refractivity contribution in [2.45, 2.75) is 40.2 Å². The lowest BCUT2D eigenvalue weighted by atomic mass is 9.92. The molecule has 0 amide bonds. The molecule has 0 saturated carbocycles. The molecule has 1 atom stereocenters. The topological polar surface area (TPSA) is 12.0 Å². The average Bonchev–Trinajstić information content (AvgIpc) is 2.16. The summed E-state index contributed by atoms with van der Waals surface area (Å²) in [5.41, 5.74) is 1.75. The normalized spacial score (nSPS) is 13.8. The van der Waals surface area contributed by atoms with Gasteiger partial charge in [0.25, 0.3) is 0 Å². The van der Waals surface area contributed by atoms with Crippen LogP contribution in [-0.4, -0.2) is 6.54 Å². The molecular formula is C14H22BrN. The lowest BCUT2D eigenvalue weighted by molar-refractivity contribution is 0.358. The molecule has 90 valence electrons. The third-order valence-corrected chi connectivity index (χ3v) is 3.22. The second kappa shape index (κ2) is 5.83. The molecule has 1 aromatic rings. The van der Waals surface area contributed by atoms with E-state index in [4.69, 9.17) is 0 Å². The van der Waals surface area contributed by atoms with Crippen molar-refractivity contribution < 1.29 is 0 Å². The van der Waals surface area contributed by atoms with Gasteiger partial charge in [-0.25, -0.2) is 0 Å². The summed E-state index contributed by atoms with van der Waals surface area (Å²) < 4.78 is 1.14. The maximum atomic E-state index is 3.56. The average molecular weight is 284 g/mol. The molecular weight excluding hydrogens is 262 g/mol. The molecule has 2 heteroatoms. The third-order valence-electron chi connectivity index (χ3n) is 2.70. The highest BCUT2D eigenvalue weighted by Gasteiger charge is 2.10. The highest BCUT2D eigenvalue weighted by atomic mass is 79.9. The van der Waals surface area contributed by atoms with Crippen LogP contribution < -0.4 is 5.32 Å². The summed E-state index contributed by atoms with van der Waals surface area (Å²) in [4.78, 5) is 0. The van der Waals surface area contributed by atoms with Gasteiger partial charge in [0.15, 0.2) is 0 Å². The first-order valence-electron chi connectivity index (χ1n) is 5.87. The zero-order valence-corrected chi connectivity index (χ0v) is 12.3. The summed E-state index contributed by atoms with van der Waals surface area (Å²) in [6.07, 6.45) is 1.20. The van der Waals surface area contributed by atoms with Gasteiger partial charge in [-0.3, -0.25) is 0 Å². The number of rotatable bonds is 4. The molecule has 0 aliphatic carbocycles. The minimum absolute atomic E-state index is 0.409. The lowest BCUT2D eigenvalue weighted by Gasteiger charge is -2.21. The SMILES string of the molecule is CC(NCCC(C)(C)C)c1ccc(Br)cc1. The first-order chi connectivity index (χ1) is 7.38. The highest BCUT2D eigenvalue weighted by molar-refractivity contribution is 9.10. The Morgan fingerprint density at radius 2 is 1.75 bits per heavy atom. The van der Waals surface area contributed by atoms with Crippen LogP contribution in [0.25, 0.3) is 0 Å². The Morgan fingerprint density at radius 3 is 2.25 bits per heavy atom. The van der Waals surface area contributed by atoms with Crippen LogP contribution >= 0.6 is 15.9 Å². The lowest BCUT2D eigenvalue weighted by Crippen LogP contribution is -2.23. The van der Waals surface area contributed by atoms with E-state index >= 15 is 0 Å². The summed E-state index contributed by atoms with van der Waals surface area (Å²) in [5, 5.41) is 3.56. The number of benzene rings is 1. The van der Waals surface area contributed by atoms with Crippen LogP contribution in [0.2, 0.25) is 0 Å². The highest BCUT2D eigenvalue weighted by Crippen LogP contribution is 2.19. The van der Waals surface area contributed by atoms with E-state index in [1.165, 1.54) is 12.0 Å². The zero-order valence-electron chi connectivity index (χ0n) is 10.7. The molecule has 0 fully saturated rings. The minimum Gasteiger partial charge on any atom is -0.310 e. The molecule has 1 nitrogen and oxygen atoms in total. The van der Waals surface area contributed by atoms with Crippen LogP contribution in [0.4, 0.5) is 0 Å². The van der Waals surface area contributed by atoms with Crippen molar-refractivity contribution >= 4 is 15.9 Å². The number of hydrogen-bond donors (Lipinski definition) is 1. The van der Waals surface area contributed by atoms with Crippen molar-refractivity contribution in [2.75, 3.05) is 6.54 Å². The molecule has 0 saturated heterocycles. The fourth-order valence-corrected chi connectivity index (χ4v) is 1.80.